The Balaban J connectivity index is 2.63. The number of H-pyrrole nitrogens is 1. The lowest BCUT2D eigenvalue weighted by atomic mass is 10.1. The van der Waals surface area contributed by atoms with Gasteiger partial charge in [-0.25, -0.2) is 9.78 Å². The highest BCUT2D eigenvalue weighted by atomic mass is 32.1. The second kappa shape index (κ2) is 9.64. The number of nitrogens with one attached hydrogen (secondary N) is 3. The van der Waals surface area contributed by atoms with Gasteiger partial charge in [-0.05, 0) is 0 Å². The van der Waals surface area contributed by atoms with Crippen LogP contribution < -0.4 is 16.4 Å². The fourth-order valence-corrected chi connectivity index (χ4v) is 2.10. The Morgan fingerprint density at radius 1 is 1.20 bits per heavy atom. The van der Waals surface area contributed by atoms with Crippen LogP contribution in [-0.4, -0.2) is 67.8 Å². The zero-order valence-electron chi connectivity index (χ0n) is 13.0. The van der Waals surface area contributed by atoms with Crippen molar-refractivity contribution in [3.63, 3.8) is 0 Å². The number of carbonyl (C=O) groups excluding carboxylic acids is 2. The molecule has 1 aromatic heterocycles. The Bertz CT molecular complexity index is 622. The van der Waals surface area contributed by atoms with Gasteiger partial charge in [0.05, 0.1) is 18.8 Å². The lowest BCUT2D eigenvalue weighted by Gasteiger charge is -2.21. The first kappa shape index (κ1) is 20.4. The molecule has 0 aliphatic carbocycles. The van der Waals surface area contributed by atoms with E-state index >= 15 is 0 Å². The fourth-order valence-electron chi connectivity index (χ4n) is 1.85. The molecule has 1 rings (SSSR count). The summed E-state index contributed by atoms with van der Waals surface area (Å²) in [6.45, 7) is 0. The smallest absolute Gasteiger partial charge is 0.326 e. The molecule has 0 saturated carbocycles. The van der Waals surface area contributed by atoms with Crippen LogP contribution in [0.1, 0.15) is 12.1 Å². The number of aromatic nitrogens is 2. The summed E-state index contributed by atoms with van der Waals surface area (Å²) >= 11 is 3.93. The summed E-state index contributed by atoms with van der Waals surface area (Å²) in [7, 11) is 0. The average Bonchev–Trinajstić information content (AvgIpc) is 3.03. The summed E-state index contributed by atoms with van der Waals surface area (Å²) in [5.41, 5.74) is 6.37. The standard InChI is InChI=1S/C13H19N5O6S/c14-7(1-6-3-15-5-16-6)11(21)18-9(4-25)12(22)17-8(13(23)24)2-10(19)20/h3,5,7-9,25H,1-2,4,14H2,(H,15,16)(H,17,22)(H,18,21)(H,19,20)(H,23,24). The van der Waals surface area contributed by atoms with Gasteiger partial charge >= 0.3 is 11.9 Å². The molecule has 0 spiro atoms. The van der Waals surface area contributed by atoms with Gasteiger partial charge in [0, 0.05) is 24.1 Å². The molecule has 0 radical (unpaired) electrons. The molecule has 0 aliphatic rings. The number of aromatic amines is 1. The number of nitrogens with zero attached hydrogens (tertiary/aromatic N) is 1. The lowest BCUT2D eigenvalue weighted by molar-refractivity contribution is -0.147. The molecular weight excluding hydrogens is 354 g/mol. The molecule has 1 aromatic rings. The molecule has 3 unspecified atom stereocenters. The fraction of sp³-hybridized carbons (Fsp3) is 0.462. The second-order valence-electron chi connectivity index (χ2n) is 5.13. The molecule has 12 heteroatoms. The summed E-state index contributed by atoms with van der Waals surface area (Å²) < 4.78 is 0. The summed E-state index contributed by atoms with van der Waals surface area (Å²) in [4.78, 5) is 52.3. The number of hydrogen-bond acceptors (Lipinski definition) is 7. The van der Waals surface area contributed by atoms with E-state index in [0.29, 0.717) is 5.69 Å². The van der Waals surface area contributed by atoms with Crippen LogP contribution in [0.2, 0.25) is 0 Å². The van der Waals surface area contributed by atoms with Crippen LogP contribution in [0.3, 0.4) is 0 Å². The number of hydrogen-bond donors (Lipinski definition) is 7. The molecule has 138 valence electrons. The Kier molecular flexibility index (Phi) is 7.88. The zero-order chi connectivity index (χ0) is 19.0. The van der Waals surface area contributed by atoms with Crippen LogP contribution in [0, 0.1) is 0 Å². The van der Waals surface area contributed by atoms with Crippen molar-refractivity contribution >= 4 is 36.4 Å². The SMILES string of the molecule is NC(Cc1cnc[nH]1)C(=O)NC(CS)C(=O)NC(CC(=O)O)C(=O)O. The van der Waals surface area contributed by atoms with E-state index in [1.807, 2.05) is 5.32 Å². The molecule has 0 aromatic carbocycles. The molecular formula is C13H19N5O6S. The quantitative estimate of drug-likeness (QED) is 0.224. The summed E-state index contributed by atoms with van der Waals surface area (Å²) in [6.07, 6.45) is 2.29. The highest BCUT2D eigenvalue weighted by molar-refractivity contribution is 7.80. The normalized spacial score (nSPS) is 14.2. The maximum Gasteiger partial charge on any atom is 0.326 e. The number of rotatable bonds is 10. The van der Waals surface area contributed by atoms with E-state index in [2.05, 4.69) is 27.9 Å². The molecule has 0 bridgehead atoms. The van der Waals surface area contributed by atoms with Crippen molar-refractivity contribution in [2.75, 3.05) is 5.75 Å². The van der Waals surface area contributed by atoms with Gasteiger partial charge < -0.3 is 31.6 Å². The average molecular weight is 373 g/mol. The minimum absolute atomic E-state index is 0.131. The molecule has 11 nitrogen and oxygen atoms in total. The van der Waals surface area contributed by atoms with Crippen LogP contribution in [0.25, 0.3) is 0 Å². The van der Waals surface area contributed by atoms with Crippen molar-refractivity contribution in [1.29, 1.82) is 0 Å². The third-order valence-electron chi connectivity index (χ3n) is 3.14. The van der Waals surface area contributed by atoms with Crippen LogP contribution >= 0.6 is 12.6 Å². The molecule has 3 atom stereocenters. The van der Waals surface area contributed by atoms with Gasteiger partial charge in [0.15, 0.2) is 0 Å². The van der Waals surface area contributed by atoms with Crippen molar-refractivity contribution in [3.05, 3.63) is 18.2 Å². The van der Waals surface area contributed by atoms with Crippen molar-refractivity contribution in [2.45, 2.75) is 31.0 Å². The molecule has 25 heavy (non-hydrogen) atoms. The lowest BCUT2D eigenvalue weighted by Crippen LogP contribution is -2.55. The van der Waals surface area contributed by atoms with Crippen molar-refractivity contribution < 1.29 is 29.4 Å². The number of carboxylic acid groups (broad SMARTS) is 2. The van der Waals surface area contributed by atoms with Crippen molar-refractivity contribution in [1.82, 2.24) is 20.6 Å². The number of imidazole rings is 1. The first-order valence-corrected chi connectivity index (χ1v) is 7.76. The number of thiol groups is 1. The van der Waals surface area contributed by atoms with E-state index in [-0.39, 0.29) is 12.2 Å². The monoisotopic (exact) mass is 373 g/mol. The zero-order valence-corrected chi connectivity index (χ0v) is 13.9. The van der Waals surface area contributed by atoms with Gasteiger partial charge in [0.2, 0.25) is 11.8 Å². The van der Waals surface area contributed by atoms with Gasteiger partial charge in [-0.2, -0.15) is 12.6 Å². The predicted octanol–water partition coefficient (Wildman–Crippen LogP) is -2.26. The van der Waals surface area contributed by atoms with E-state index in [9.17, 15) is 19.2 Å². The summed E-state index contributed by atoms with van der Waals surface area (Å²) in [5, 5.41) is 22.0. The Hall–Kier alpha value is -2.60. The third kappa shape index (κ3) is 6.81. The van der Waals surface area contributed by atoms with Gasteiger partial charge in [-0.3, -0.25) is 14.4 Å². The predicted molar refractivity (Wildman–Crippen MR) is 87.9 cm³/mol. The summed E-state index contributed by atoms with van der Waals surface area (Å²) in [6, 6.07) is -3.76. The van der Waals surface area contributed by atoms with Gasteiger partial charge in [-0.1, -0.05) is 0 Å². The van der Waals surface area contributed by atoms with E-state index in [4.69, 9.17) is 15.9 Å². The molecule has 0 fully saturated rings. The minimum atomic E-state index is -1.62. The van der Waals surface area contributed by atoms with Gasteiger partial charge in [0.1, 0.15) is 12.1 Å². The van der Waals surface area contributed by atoms with Gasteiger partial charge in [-0.15, -0.1) is 0 Å². The molecule has 7 N–H and O–H groups in total. The molecule has 2 amide bonds. The Labute approximate surface area is 147 Å². The number of carbonyl (C=O) groups is 4. The van der Waals surface area contributed by atoms with Crippen LogP contribution in [0.4, 0.5) is 0 Å². The van der Waals surface area contributed by atoms with Gasteiger partial charge in [0.25, 0.3) is 0 Å². The van der Waals surface area contributed by atoms with Crippen LogP contribution in [-0.2, 0) is 25.6 Å². The number of carboxylic acids is 2. The van der Waals surface area contributed by atoms with E-state index in [0.717, 1.165) is 0 Å². The number of amides is 2. The molecule has 0 aliphatic heterocycles. The van der Waals surface area contributed by atoms with Crippen molar-refractivity contribution in [3.8, 4) is 0 Å². The topological polar surface area (TPSA) is 187 Å². The number of nitrogens with two attached hydrogens (primary N) is 1. The number of aliphatic carboxylic acids is 2. The van der Waals surface area contributed by atoms with E-state index in [1.165, 1.54) is 12.5 Å². The highest BCUT2D eigenvalue weighted by Gasteiger charge is 2.28. The third-order valence-corrected chi connectivity index (χ3v) is 3.51. The minimum Gasteiger partial charge on any atom is -0.481 e. The van der Waals surface area contributed by atoms with Crippen molar-refractivity contribution in [2.24, 2.45) is 5.73 Å². The Morgan fingerprint density at radius 3 is 2.32 bits per heavy atom. The van der Waals surface area contributed by atoms with E-state index in [1.54, 1.807) is 0 Å². The molecule has 0 saturated heterocycles. The van der Waals surface area contributed by atoms with Crippen LogP contribution in [0.5, 0.6) is 0 Å². The Morgan fingerprint density at radius 2 is 1.84 bits per heavy atom. The largest absolute Gasteiger partial charge is 0.481 e. The maximum absolute atomic E-state index is 12.1. The highest BCUT2D eigenvalue weighted by Crippen LogP contribution is 2.00. The van der Waals surface area contributed by atoms with Crippen LogP contribution in [0.15, 0.2) is 12.5 Å². The second-order valence-corrected chi connectivity index (χ2v) is 5.49. The maximum atomic E-state index is 12.1. The first-order chi connectivity index (χ1) is 11.7. The molecule has 1 heterocycles. The first-order valence-electron chi connectivity index (χ1n) is 7.13. The summed E-state index contributed by atoms with van der Waals surface area (Å²) in [5.74, 6) is -4.54. The van der Waals surface area contributed by atoms with E-state index < -0.39 is 48.3 Å².